The van der Waals surface area contributed by atoms with E-state index < -0.39 is 0 Å². The summed E-state index contributed by atoms with van der Waals surface area (Å²) in [5.74, 6) is -0.0169. The van der Waals surface area contributed by atoms with Crippen molar-refractivity contribution >= 4 is 5.91 Å². The van der Waals surface area contributed by atoms with E-state index in [1.165, 1.54) is 6.07 Å². The molecule has 3 atom stereocenters. The van der Waals surface area contributed by atoms with Crippen LogP contribution in [0.15, 0.2) is 24.3 Å². The number of carbonyl (C=O) groups is 1. The van der Waals surface area contributed by atoms with E-state index >= 15 is 0 Å². The molecule has 1 aliphatic rings. The van der Waals surface area contributed by atoms with Crippen LogP contribution in [0, 0.1) is 11.7 Å². The van der Waals surface area contributed by atoms with Gasteiger partial charge in [0.15, 0.2) is 0 Å². The summed E-state index contributed by atoms with van der Waals surface area (Å²) in [7, 11) is 3.72. The van der Waals surface area contributed by atoms with Crippen LogP contribution in [-0.2, 0) is 4.79 Å². The van der Waals surface area contributed by atoms with Crippen molar-refractivity contribution in [2.24, 2.45) is 5.92 Å². The molecule has 3 unspecified atom stereocenters. The van der Waals surface area contributed by atoms with Crippen LogP contribution in [-0.4, -0.2) is 44.0 Å². The van der Waals surface area contributed by atoms with E-state index in [0.717, 1.165) is 31.4 Å². The Balaban J connectivity index is 1.71. The van der Waals surface area contributed by atoms with E-state index in [0.29, 0.717) is 12.6 Å². The highest BCUT2D eigenvalue weighted by Gasteiger charge is 2.25. The van der Waals surface area contributed by atoms with E-state index in [4.69, 9.17) is 0 Å². The lowest BCUT2D eigenvalue weighted by atomic mass is 9.99. The Hall–Kier alpha value is -1.50. The van der Waals surface area contributed by atoms with Gasteiger partial charge in [0, 0.05) is 38.1 Å². The monoisotopic (exact) mass is 336 g/mol. The van der Waals surface area contributed by atoms with Crippen molar-refractivity contribution in [2.45, 2.75) is 38.3 Å². The fourth-order valence-electron chi connectivity index (χ4n) is 3.21. The van der Waals surface area contributed by atoms with Gasteiger partial charge in [0.1, 0.15) is 5.82 Å². The number of carbonyl (C=O) groups excluding carboxylic acids is 1. The molecule has 24 heavy (non-hydrogen) atoms. The van der Waals surface area contributed by atoms with E-state index in [1.807, 2.05) is 32.0 Å². The van der Waals surface area contributed by atoms with E-state index in [-0.39, 0.29) is 23.7 Å². The second-order valence-electron chi connectivity index (χ2n) is 6.69. The maximum Gasteiger partial charge on any atom is 0.226 e. The molecule has 0 saturated carbocycles. The molecule has 3 N–H and O–H groups in total. The van der Waals surface area contributed by atoms with E-state index in [9.17, 15) is 9.18 Å². The van der Waals surface area contributed by atoms with Crippen molar-refractivity contribution in [2.75, 3.05) is 27.2 Å². The van der Waals surface area contributed by atoms with Crippen LogP contribution >= 0.6 is 0 Å². The molecule has 6 heteroatoms. The fraction of sp³-hybridized carbons (Fsp3) is 0.611. The predicted octanol–water partition coefficient (Wildman–Crippen LogP) is 1.83. The number of hydrogen-bond donors (Lipinski definition) is 3. The van der Waals surface area contributed by atoms with Crippen molar-refractivity contribution < 1.29 is 9.18 Å². The van der Waals surface area contributed by atoms with Gasteiger partial charge in [-0.1, -0.05) is 19.1 Å². The van der Waals surface area contributed by atoms with E-state index in [1.54, 1.807) is 12.1 Å². The Kier molecular flexibility index (Phi) is 7.15. The van der Waals surface area contributed by atoms with E-state index in [2.05, 4.69) is 16.2 Å². The summed E-state index contributed by atoms with van der Waals surface area (Å²) in [5.41, 5.74) is 7.50. The van der Waals surface area contributed by atoms with Crippen molar-refractivity contribution in [3.05, 3.63) is 35.6 Å². The largest absolute Gasteiger partial charge is 0.345 e. The summed E-state index contributed by atoms with van der Waals surface area (Å²) >= 11 is 0. The Labute approximate surface area is 144 Å². The third-order valence-corrected chi connectivity index (χ3v) is 4.59. The smallest absolute Gasteiger partial charge is 0.226 e. The summed E-state index contributed by atoms with van der Waals surface area (Å²) in [4.78, 5) is 14.0. The third-order valence-electron chi connectivity index (χ3n) is 4.59. The highest BCUT2D eigenvalue weighted by atomic mass is 19.1. The molecule has 2 rings (SSSR count). The van der Waals surface area contributed by atoms with Crippen LogP contribution in [0.3, 0.4) is 0 Å². The molecule has 0 radical (unpaired) electrons. The molecule has 0 aromatic heterocycles. The van der Waals surface area contributed by atoms with Crippen molar-refractivity contribution in [3.8, 4) is 0 Å². The standard InChI is InChI=1S/C18H29FN4O/c1-13(12-20-2)18(24)23(3)9-5-8-16-11-17(22-21-16)14-6-4-7-15(19)10-14/h4,6-7,10,13,16-17,20-22H,5,8-9,11-12H2,1-3H3. The molecule has 1 aromatic rings. The predicted molar refractivity (Wildman–Crippen MR) is 93.8 cm³/mol. The fourth-order valence-corrected chi connectivity index (χ4v) is 3.21. The van der Waals surface area contributed by atoms with Gasteiger partial charge in [-0.2, -0.15) is 0 Å². The average molecular weight is 336 g/mol. The lowest BCUT2D eigenvalue weighted by Gasteiger charge is -2.22. The molecular formula is C18H29FN4O. The lowest BCUT2D eigenvalue weighted by Crippen LogP contribution is -2.37. The van der Waals surface area contributed by atoms with Crippen molar-refractivity contribution in [1.29, 1.82) is 0 Å². The first kappa shape index (κ1) is 18.8. The molecule has 1 saturated heterocycles. The summed E-state index contributed by atoms with van der Waals surface area (Å²) in [6, 6.07) is 7.22. The lowest BCUT2D eigenvalue weighted by molar-refractivity contribution is -0.133. The highest BCUT2D eigenvalue weighted by Crippen LogP contribution is 2.24. The van der Waals surface area contributed by atoms with Gasteiger partial charge in [-0.3, -0.25) is 15.6 Å². The summed E-state index contributed by atoms with van der Waals surface area (Å²) in [6.07, 6.45) is 2.86. The number of hydrazine groups is 1. The second kappa shape index (κ2) is 9.11. The maximum atomic E-state index is 13.3. The summed E-state index contributed by atoms with van der Waals surface area (Å²) in [5, 5.41) is 3.04. The van der Waals surface area contributed by atoms with Gasteiger partial charge in [0.05, 0.1) is 0 Å². The summed E-state index contributed by atoms with van der Waals surface area (Å²) < 4.78 is 13.3. The number of halogens is 1. The first-order valence-electron chi connectivity index (χ1n) is 8.67. The zero-order valence-corrected chi connectivity index (χ0v) is 14.8. The molecule has 1 aromatic carbocycles. The van der Waals surface area contributed by atoms with Gasteiger partial charge in [0.25, 0.3) is 0 Å². The topological polar surface area (TPSA) is 56.4 Å². The van der Waals surface area contributed by atoms with Crippen LogP contribution in [0.25, 0.3) is 0 Å². The number of benzene rings is 1. The second-order valence-corrected chi connectivity index (χ2v) is 6.69. The Morgan fingerprint density at radius 2 is 2.25 bits per heavy atom. The SMILES string of the molecule is CNCC(C)C(=O)N(C)CCCC1CC(c2cccc(F)c2)NN1. The van der Waals surface area contributed by atoms with Gasteiger partial charge < -0.3 is 10.2 Å². The third kappa shape index (κ3) is 5.26. The van der Waals surface area contributed by atoms with Gasteiger partial charge in [0.2, 0.25) is 5.91 Å². The minimum Gasteiger partial charge on any atom is -0.345 e. The molecule has 1 heterocycles. The minimum atomic E-state index is -0.200. The molecule has 1 amide bonds. The first-order chi connectivity index (χ1) is 11.5. The molecule has 0 bridgehead atoms. The number of rotatable bonds is 8. The molecule has 134 valence electrons. The molecular weight excluding hydrogens is 307 g/mol. The van der Waals surface area contributed by atoms with Gasteiger partial charge >= 0.3 is 0 Å². The van der Waals surface area contributed by atoms with Gasteiger partial charge in [-0.25, -0.2) is 4.39 Å². The Bertz CT molecular complexity index is 540. The minimum absolute atomic E-state index is 0.00336. The summed E-state index contributed by atoms with van der Waals surface area (Å²) in [6.45, 7) is 3.41. The number of nitrogens with one attached hydrogen (secondary N) is 3. The van der Waals surface area contributed by atoms with Crippen LogP contribution < -0.4 is 16.2 Å². The van der Waals surface area contributed by atoms with Crippen LogP contribution in [0.2, 0.25) is 0 Å². The molecule has 1 fully saturated rings. The molecule has 1 aliphatic heterocycles. The van der Waals surface area contributed by atoms with Crippen LogP contribution in [0.1, 0.15) is 37.8 Å². The normalized spacial score (nSPS) is 21.7. The van der Waals surface area contributed by atoms with Gasteiger partial charge in [-0.05, 0) is 44.0 Å². The van der Waals surface area contributed by atoms with Crippen LogP contribution in [0.4, 0.5) is 4.39 Å². The number of amides is 1. The number of nitrogens with zero attached hydrogens (tertiary/aromatic N) is 1. The highest BCUT2D eigenvalue weighted by molar-refractivity contribution is 5.78. The molecule has 5 nitrogen and oxygen atoms in total. The zero-order valence-electron chi connectivity index (χ0n) is 14.8. The van der Waals surface area contributed by atoms with Crippen molar-refractivity contribution in [3.63, 3.8) is 0 Å². The quantitative estimate of drug-likeness (QED) is 0.678. The van der Waals surface area contributed by atoms with Crippen LogP contribution in [0.5, 0.6) is 0 Å². The number of hydrogen-bond acceptors (Lipinski definition) is 4. The maximum absolute atomic E-state index is 13.3. The zero-order chi connectivity index (χ0) is 17.5. The molecule has 0 aliphatic carbocycles. The Morgan fingerprint density at radius 1 is 1.46 bits per heavy atom. The first-order valence-corrected chi connectivity index (χ1v) is 8.67. The van der Waals surface area contributed by atoms with Gasteiger partial charge in [-0.15, -0.1) is 0 Å². The average Bonchev–Trinajstić information content (AvgIpc) is 3.03. The molecule has 0 spiro atoms. The van der Waals surface area contributed by atoms with Crippen molar-refractivity contribution in [1.82, 2.24) is 21.1 Å². The Morgan fingerprint density at radius 3 is 2.96 bits per heavy atom.